The van der Waals surface area contributed by atoms with E-state index in [4.69, 9.17) is 14.2 Å². The van der Waals surface area contributed by atoms with Crippen molar-refractivity contribution in [2.75, 3.05) is 19.8 Å². The number of para-hydroxylation sites is 2. The zero-order chi connectivity index (χ0) is 18.6. The van der Waals surface area contributed by atoms with E-state index < -0.39 is 11.9 Å². The first kappa shape index (κ1) is 16.9. The minimum Gasteiger partial charge on any atom is -0.486 e. The van der Waals surface area contributed by atoms with Crippen LogP contribution in [0.5, 0.6) is 11.5 Å². The standard InChI is InChI=1S/C19H17N3O5/c23-18(20-9-14-10-25-16-3-1-2-4-17(16)27-14)11-26-19(24)12-5-6-15-13(7-12)8-21-22-15/h1-8,14H,9-11H2,(H,20,23)(H,21,22). The van der Waals surface area contributed by atoms with Crippen LogP contribution in [0, 0.1) is 0 Å². The summed E-state index contributed by atoms with van der Waals surface area (Å²) in [6.07, 6.45) is 1.31. The SMILES string of the molecule is O=C(COC(=O)c1ccc2[nH]ncc2c1)NCC1COc2ccccc2O1. The number of benzene rings is 2. The number of carbonyl (C=O) groups is 2. The molecule has 1 aliphatic heterocycles. The molecule has 1 atom stereocenters. The Morgan fingerprint density at radius 3 is 2.96 bits per heavy atom. The predicted molar refractivity (Wildman–Crippen MR) is 95.7 cm³/mol. The molecule has 2 N–H and O–H groups in total. The number of amides is 1. The van der Waals surface area contributed by atoms with Crippen LogP contribution in [0.1, 0.15) is 10.4 Å². The van der Waals surface area contributed by atoms with Crippen LogP contribution in [0.25, 0.3) is 10.9 Å². The van der Waals surface area contributed by atoms with Gasteiger partial charge in [0.05, 0.1) is 23.8 Å². The van der Waals surface area contributed by atoms with E-state index in [1.54, 1.807) is 24.4 Å². The van der Waals surface area contributed by atoms with Gasteiger partial charge in [0.15, 0.2) is 18.1 Å². The van der Waals surface area contributed by atoms with Gasteiger partial charge in [0.25, 0.3) is 5.91 Å². The van der Waals surface area contributed by atoms with Crippen molar-refractivity contribution < 1.29 is 23.8 Å². The van der Waals surface area contributed by atoms with Crippen molar-refractivity contribution in [3.05, 3.63) is 54.2 Å². The second kappa shape index (κ2) is 7.36. The Bertz CT molecular complexity index is 984. The maximum atomic E-state index is 12.1. The zero-order valence-corrected chi connectivity index (χ0v) is 14.3. The van der Waals surface area contributed by atoms with E-state index in [1.807, 2.05) is 24.3 Å². The van der Waals surface area contributed by atoms with E-state index >= 15 is 0 Å². The molecule has 0 aliphatic carbocycles. The lowest BCUT2D eigenvalue weighted by atomic mass is 10.2. The Morgan fingerprint density at radius 2 is 2.07 bits per heavy atom. The highest BCUT2D eigenvalue weighted by molar-refractivity contribution is 5.95. The highest BCUT2D eigenvalue weighted by atomic mass is 16.6. The van der Waals surface area contributed by atoms with Crippen LogP contribution in [0.15, 0.2) is 48.7 Å². The van der Waals surface area contributed by atoms with E-state index in [0.29, 0.717) is 23.7 Å². The van der Waals surface area contributed by atoms with Crippen molar-refractivity contribution in [2.24, 2.45) is 0 Å². The van der Waals surface area contributed by atoms with Crippen molar-refractivity contribution in [3.63, 3.8) is 0 Å². The Morgan fingerprint density at radius 1 is 1.22 bits per heavy atom. The average Bonchev–Trinajstić information content (AvgIpc) is 3.18. The zero-order valence-electron chi connectivity index (χ0n) is 14.3. The fraction of sp³-hybridized carbons (Fsp3) is 0.211. The van der Waals surface area contributed by atoms with Gasteiger partial charge in [-0.25, -0.2) is 4.79 Å². The van der Waals surface area contributed by atoms with Crippen molar-refractivity contribution in [1.29, 1.82) is 0 Å². The quantitative estimate of drug-likeness (QED) is 0.665. The number of H-pyrrole nitrogens is 1. The molecule has 2 heterocycles. The summed E-state index contributed by atoms with van der Waals surface area (Å²) < 4.78 is 16.4. The number of esters is 1. The number of hydrogen-bond acceptors (Lipinski definition) is 6. The van der Waals surface area contributed by atoms with E-state index in [-0.39, 0.29) is 19.3 Å². The van der Waals surface area contributed by atoms with E-state index in [9.17, 15) is 9.59 Å². The molecule has 0 radical (unpaired) electrons. The molecule has 1 aliphatic rings. The largest absolute Gasteiger partial charge is 0.486 e. The molecule has 1 amide bonds. The second-order valence-corrected chi connectivity index (χ2v) is 6.05. The van der Waals surface area contributed by atoms with Gasteiger partial charge in [0.2, 0.25) is 0 Å². The normalized spacial score (nSPS) is 15.3. The van der Waals surface area contributed by atoms with Crippen LogP contribution in [0.3, 0.4) is 0 Å². The maximum absolute atomic E-state index is 12.1. The summed E-state index contributed by atoms with van der Waals surface area (Å²) >= 11 is 0. The molecule has 2 aromatic carbocycles. The van der Waals surface area contributed by atoms with E-state index in [1.165, 1.54) is 0 Å². The fourth-order valence-electron chi connectivity index (χ4n) is 2.73. The summed E-state index contributed by atoms with van der Waals surface area (Å²) in [5.74, 6) is 0.349. The van der Waals surface area contributed by atoms with Crippen LogP contribution in [0.4, 0.5) is 0 Å². The van der Waals surface area contributed by atoms with Crippen molar-refractivity contribution in [1.82, 2.24) is 15.5 Å². The van der Waals surface area contributed by atoms with Gasteiger partial charge in [-0.05, 0) is 30.3 Å². The van der Waals surface area contributed by atoms with Crippen LogP contribution in [-0.2, 0) is 9.53 Å². The summed E-state index contributed by atoms with van der Waals surface area (Å²) in [7, 11) is 0. The molecular formula is C19H17N3O5. The van der Waals surface area contributed by atoms with Crippen molar-refractivity contribution >= 4 is 22.8 Å². The number of nitrogens with one attached hydrogen (secondary N) is 2. The van der Waals surface area contributed by atoms with Crippen LogP contribution >= 0.6 is 0 Å². The third kappa shape index (κ3) is 3.84. The molecule has 0 saturated heterocycles. The summed E-state index contributed by atoms with van der Waals surface area (Å²) in [6, 6.07) is 12.4. The van der Waals surface area contributed by atoms with Crippen LogP contribution < -0.4 is 14.8 Å². The van der Waals surface area contributed by atoms with Gasteiger partial charge in [0, 0.05) is 5.39 Å². The number of aromatic amines is 1. The molecule has 1 unspecified atom stereocenters. The van der Waals surface area contributed by atoms with Gasteiger partial charge < -0.3 is 19.5 Å². The van der Waals surface area contributed by atoms with Crippen LogP contribution in [-0.4, -0.2) is 47.9 Å². The first-order valence-corrected chi connectivity index (χ1v) is 8.44. The lowest BCUT2D eigenvalue weighted by Gasteiger charge is -2.26. The predicted octanol–water partition coefficient (Wildman–Crippen LogP) is 1.68. The Hall–Kier alpha value is -3.55. The topological polar surface area (TPSA) is 103 Å². The number of aromatic nitrogens is 2. The smallest absolute Gasteiger partial charge is 0.338 e. The number of fused-ring (bicyclic) bond motifs is 2. The number of carbonyl (C=O) groups excluding carboxylic acids is 2. The molecule has 0 fully saturated rings. The van der Waals surface area contributed by atoms with Gasteiger partial charge in [-0.3, -0.25) is 9.89 Å². The molecule has 138 valence electrons. The molecule has 8 nitrogen and oxygen atoms in total. The molecule has 8 heteroatoms. The van der Waals surface area contributed by atoms with Gasteiger partial charge in [-0.2, -0.15) is 5.10 Å². The Kier molecular flexibility index (Phi) is 4.61. The first-order valence-electron chi connectivity index (χ1n) is 8.44. The summed E-state index contributed by atoms with van der Waals surface area (Å²) in [5, 5.41) is 10.2. The molecule has 4 rings (SSSR count). The highest BCUT2D eigenvalue weighted by Gasteiger charge is 2.21. The first-order chi connectivity index (χ1) is 13.2. The van der Waals surface area contributed by atoms with Crippen LogP contribution in [0.2, 0.25) is 0 Å². The maximum Gasteiger partial charge on any atom is 0.338 e. The fourth-order valence-corrected chi connectivity index (χ4v) is 2.73. The average molecular weight is 367 g/mol. The van der Waals surface area contributed by atoms with Gasteiger partial charge in [0.1, 0.15) is 12.7 Å². The monoisotopic (exact) mass is 367 g/mol. The molecular weight excluding hydrogens is 350 g/mol. The minimum atomic E-state index is -0.570. The second-order valence-electron chi connectivity index (χ2n) is 6.05. The Balaban J connectivity index is 1.24. The Labute approximate surface area is 154 Å². The molecule has 3 aromatic rings. The summed E-state index contributed by atoms with van der Waals surface area (Å²) in [4.78, 5) is 24.0. The molecule has 0 saturated carbocycles. The molecule has 0 spiro atoms. The molecule has 1 aromatic heterocycles. The lowest BCUT2D eigenvalue weighted by molar-refractivity contribution is -0.124. The third-order valence-electron chi connectivity index (χ3n) is 4.10. The highest BCUT2D eigenvalue weighted by Crippen LogP contribution is 2.30. The summed E-state index contributed by atoms with van der Waals surface area (Å²) in [6.45, 7) is 0.222. The van der Waals surface area contributed by atoms with Crippen molar-refractivity contribution in [3.8, 4) is 11.5 Å². The summed E-state index contributed by atoms with van der Waals surface area (Å²) in [5.41, 5.74) is 1.18. The molecule has 27 heavy (non-hydrogen) atoms. The van der Waals surface area contributed by atoms with Gasteiger partial charge in [-0.15, -0.1) is 0 Å². The number of rotatable bonds is 5. The minimum absolute atomic E-state index is 0.256. The van der Waals surface area contributed by atoms with E-state index in [0.717, 1.165) is 10.9 Å². The third-order valence-corrected chi connectivity index (χ3v) is 4.10. The van der Waals surface area contributed by atoms with Gasteiger partial charge in [-0.1, -0.05) is 12.1 Å². The number of hydrogen-bond donors (Lipinski definition) is 2. The van der Waals surface area contributed by atoms with E-state index in [2.05, 4.69) is 15.5 Å². The van der Waals surface area contributed by atoms with Gasteiger partial charge >= 0.3 is 5.97 Å². The molecule has 0 bridgehead atoms. The van der Waals surface area contributed by atoms with Crippen molar-refractivity contribution in [2.45, 2.75) is 6.10 Å². The number of nitrogens with zero attached hydrogens (tertiary/aromatic N) is 1. The lowest BCUT2D eigenvalue weighted by Crippen LogP contribution is -2.42. The number of ether oxygens (including phenoxy) is 3.